The van der Waals surface area contributed by atoms with E-state index in [2.05, 4.69) is 33.9 Å². The van der Waals surface area contributed by atoms with Crippen molar-refractivity contribution in [2.24, 2.45) is 0 Å². The molecule has 1 heterocycles. The molecule has 0 spiro atoms. The summed E-state index contributed by atoms with van der Waals surface area (Å²) >= 11 is 0. The summed E-state index contributed by atoms with van der Waals surface area (Å²) < 4.78 is 0. The maximum absolute atomic E-state index is 5.68. The van der Waals surface area contributed by atoms with Crippen molar-refractivity contribution >= 4 is 17.5 Å². The third-order valence-electron chi connectivity index (χ3n) is 2.52. The van der Waals surface area contributed by atoms with E-state index in [4.69, 9.17) is 5.73 Å². The van der Waals surface area contributed by atoms with Gasteiger partial charge in [-0.05, 0) is 26.0 Å². The van der Waals surface area contributed by atoms with Gasteiger partial charge >= 0.3 is 0 Å². The van der Waals surface area contributed by atoms with Crippen LogP contribution in [0.2, 0.25) is 0 Å². The number of hydrogen-bond acceptors (Lipinski definition) is 4. The summed E-state index contributed by atoms with van der Waals surface area (Å²) in [6.45, 7) is 4.83. The molecule has 4 nitrogen and oxygen atoms in total. The Kier molecular flexibility index (Phi) is 3.23. The first-order valence-corrected chi connectivity index (χ1v) is 5.64. The van der Waals surface area contributed by atoms with Gasteiger partial charge in [-0.1, -0.05) is 18.2 Å². The molecule has 1 aromatic carbocycles. The van der Waals surface area contributed by atoms with Crippen LogP contribution in [0, 0.1) is 6.92 Å². The molecule has 2 N–H and O–H groups in total. The van der Waals surface area contributed by atoms with Gasteiger partial charge in [-0.15, -0.1) is 0 Å². The smallest absolute Gasteiger partial charge is 0.222 e. The number of nitrogens with zero attached hydrogens (tertiary/aromatic N) is 3. The Labute approximate surface area is 101 Å². The zero-order chi connectivity index (χ0) is 12.3. The van der Waals surface area contributed by atoms with Crippen LogP contribution in [0.15, 0.2) is 36.4 Å². The molecule has 0 amide bonds. The van der Waals surface area contributed by atoms with E-state index < -0.39 is 0 Å². The summed E-state index contributed by atoms with van der Waals surface area (Å²) in [5.41, 5.74) is 7.66. The zero-order valence-electron chi connectivity index (χ0n) is 10.1. The molecule has 0 aliphatic carbocycles. The third kappa shape index (κ3) is 2.53. The highest BCUT2D eigenvalue weighted by Gasteiger charge is 2.09. The quantitative estimate of drug-likeness (QED) is 0.877. The van der Waals surface area contributed by atoms with Crippen molar-refractivity contribution < 1.29 is 0 Å². The monoisotopic (exact) mass is 228 g/mol. The van der Waals surface area contributed by atoms with E-state index in [0.29, 0.717) is 5.95 Å². The van der Waals surface area contributed by atoms with Crippen molar-refractivity contribution in [3.8, 4) is 0 Å². The molecule has 0 aliphatic rings. The van der Waals surface area contributed by atoms with Crippen LogP contribution in [0.4, 0.5) is 17.5 Å². The molecule has 0 aliphatic heterocycles. The molecular formula is C13H16N4. The summed E-state index contributed by atoms with van der Waals surface area (Å²) in [6.07, 6.45) is 0. The van der Waals surface area contributed by atoms with E-state index in [0.717, 1.165) is 23.7 Å². The number of hydrogen-bond donors (Lipinski definition) is 1. The van der Waals surface area contributed by atoms with Crippen LogP contribution >= 0.6 is 0 Å². The average Bonchev–Trinajstić information content (AvgIpc) is 2.30. The summed E-state index contributed by atoms with van der Waals surface area (Å²) in [4.78, 5) is 10.5. The number of aryl methyl sites for hydroxylation is 1. The summed E-state index contributed by atoms with van der Waals surface area (Å²) in [5.74, 6) is 1.15. The van der Waals surface area contributed by atoms with Crippen molar-refractivity contribution in [2.45, 2.75) is 13.8 Å². The van der Waals surface area contributed by atoms with Crippen LogP contribution in [0.1, 0.15) is 12.6 Å². The van der Waals surface area contributed by atoms with Gasteiger partial charge in [0.05, 0.1) is 0 Å². The molecule has 88 valence electrons. The largest absolute Gasteiger partial charge is 0.368 e. The van der Waals surface area contributed by atoms with Crippen LogP contribution in [0.5, 0.6) is 0 Å². The van der Waals surface area contributed by atoms with Gasteiger partial charge in [0.25, 0.3) is 0 Å². The molecule has 0 saturated carbocycles. The normalized spacial score (nSPS) is 10.2. The lowest BCUT2D eigenvalue weighted by molar-refractivity contribution is 0.972. The number of rotatable bonds is 3. The molecular weight excluding hydrogens is 212 g/mol. The van der Waals surface area contributed by atoms with E-state index in [1.807, 2.05) is 31.2 Å². The van der Waals surface area contributed by atoms with Crippen molar-refractivity contribution in [1.29, 1.82) is 0 Å². The first kappa shape index (κ1) is 11.4. The second-order valence-electron chi connectivity index (χ2n) is 3.81. The Morgan fingerprint density at radius 3 is 2.47 bits per heavy atom. The first-order chi connectivity index (χ1) is 8.20. The molecule has 0 radical (unpaired) electrons. The molecule has 0 saturated heterocycles. The molecule has 1 aromatic heterocycles. The molecule has 0 unspecified atom stereocenters. The number of nitrogens with two attached hydrogens (primary N) is 1. The maximum Gasteiger partial charge on any atom is 0.222 e. The Balaban J connectivity index is 2.42. The lowest BCUT2D eigenvalue weighted by atomic mass is 10.3. The highest BCUT2D eigenvalue weighted by Crippen LogP contribution is 2.23. The van der Waals surface area contributed by atoms with Crippen LogP contribution in [0.25, 0.3) is 0 Å². The zero-order valence-corrected chi connectivity index (χ0v) is 10.1. The molecule has 2 rings (SSSR count). The third-order valence-corrected chi connectivity index (χ3v) is 2.52. The van der Waals surface area contributed by atoms with Crippen LogP contribution in [-0.4, -0.2) is 16.5 Å². The minimum atomic E-state index is 0.314. The number of benzene rings is 1. The van der Waals surface area contributed by atoms with Crippen molar-refractivity contribution in [3.05, 3.63) is 42.1 Å². The van der Waals surface area contributed by atoms with E-state index in [1.165, 1.54) is 0 Å². The van der Waals surface area contributed by atoms with E-state index in [9.17, 15) is 0 Å². The van der Waals surface area contributed by atoms with Gasteiger partial charge in [0.2, 0.25) is 5.95 Å². The molecule has 0 fully saturated rings. The minimum Gasteiger partial charge on any atom is -0.368 e. The lowest BCUT2D eigenvalue weighted by Gasteiger charge is -2.22. The Morgan fingerprint density at radius 1 is 1.18 bits per heavy atom. The highest BCUT2D eigenvalue weighted by atomic mass is 15.2. The second kappa shape index (κ2) is 4.82. The lowest BCUT2D eigenvalue weighted by Crippen LogP contribution is -2.18. The maximum atomic E-state index is 5.68. The van der Waals surface area contributed by atoms with Gasteiger partial charge in [0, 0.05) is 24.0 Å². The fourth-order valence-corrected chi connectivity index (χ4v) is 1.80. The number of anilines is 3. The van der Waals surface area contributed by atoms with E-state index >= 15 is 0 Å². The standard InChI is InChI=1S/C13H16N4/c1-3-17(11-7-5-4-6-8-11)12-9-10(2)15-13(14)16-12/h4-9H,3H2,1-2H3,(H2,14,15,16). The number of nitrogen functional groups attached to an aromatic ring is 1. The predicted molar refractivity (Wildman–Crippen MR) is 70.3 cm³/mol. The van der Waals surface area contributed by atoms with Gasteiger partial charge < -0.3 is 10.6 Å². The van der Waals surface area contributed by atoms with Crippen molar-refractivity contribution in [1.82, 2.24) is 9.97 Å². The van der Waals surface area contributed by atoms with Gasteiger partial charge in [-0.2, -0.15) is 4.98 Å². The van der Waals surface area contributed by atoms with E-state index in [-0.39, 0.29) is 0 Å². The van der Waals surface area contributed by atoms with Crippen LogP contribution in [-0.2, 0) is 0 Å². The average molecular weight is 228 g/mol. The van der Waals surface area contributed by atoms with E-state index in [1.54, 1.807) is 0 Å². The fourth-order valence-electron chi connectivity index (χ4n) is 1.80. The first-order valence-electron chi connectivity index (χ1n) is 5.64. The Hall–Kier alpha value is -2.10. The summed E-state index contributed by atoms with van der Waals surface area (Å²) in [5, 5.41) is 0. The van der Waals surface area contributed by atoms with Crippen molar-refractivity contribution in [2.75, 3.05) is 17.2 Å². The van der Waals surface area contributed by atoms with Gasteiger partial charge in [0.1, 0.15) is 5.82 Å². The van der Waals surface area contributed by atoms with Crippen LogP contribution < -0.4 is 10.6 Å². The topological polar surface area (TPSA) is 55.0 Å². The SMILES string of the molecule is CCN(c1ccccc1)c1cc(C)nc(N)n1. The number of para-hydroxylation sites is 1. The molecule has 2 aromatic rings. The Morgan fingerprint density at radius 2 is 1.88 bits per heavy atom. The van der Waals surface area contributed by atoms with Crippen LogP contribution in [0.3, 0.4) is 0 Å². The molecule has 4 heteroatoms. The molecule has 0 atom stereocenters. The molecule has 0 bridgehead atoms. The summed E-state index contributed by atoms with van der Waals surface area (Å²) in [6, 6.07) is 12.1. The Bertz CT molecular complexity index is 476. The van der Waals surface area contributed by atoms with Gasteiger partial charge in [-0.25, -0.2) is 4.98 Å². The van der Waals surface area contributed by atoms with Gasteiger partial charge in [-0.3, -0.25) is 0 Å². The van der Waals surface area contributed by atoms with Gasteiger partial charge in [0.15, 0.2) is 0 Å². The fraction of sp³-hybridized carbons (Fsp3) is 0.231. The molecule has 17 heavy (non-hydrogen) atoms. The number of aromatic nitrogens is 2. The summed E-state index contributed by atoms with van der Waals surface area (Å²) in [7, 11) is 0. The van der Waals surface area contributed by atoms with Crippen molar-refractivity contribution in [3.63, 3.8) is 0 Å². The highest BCUT2D eigenvalue weighted by molar-refractivity contribution is 5.60. The minimum absolute atomic E-state index is 0.314. The second-order valence-corrected chi connectivity index (χ2v) is 3.81. The predicted octanol–water partition coefficient (Wildman–Crippen LogP) is 2.53.